The maximum Gasteiger partial charge on any atom is 0.419 e. The molecule has 0 bridgehead atoms. The highest BCUT2D eigenvalue weighted by Gasteiger charge is 2.15. The highest BCUT2D eigenvalue weighted by molar-refractivity contribution is 7.98. The second-order valence-corrected chi connectivity index (χ2v) is 7.35. The SMILES string of the molecule is CSc1ccc(NC(=O)COC(=O)CCCn2c(=O)oc3cc([N+](=O)[O-])ccc32)cc1. The summed E-state index contributed by atoms with van der Waals surface area (Å²) in [5.74, 6) is -1.70. The van der Waals surface area contributed by atoms with Gasteiger partial charge in [-0.25, -0.2) is 4.79 Å². The number of nitro benzene ring substituents is 1. The molecule has 3 rings (SSSR count). The van der Waals surface area contributed by atoms with Crippen molar-refractivity contribution in [3.63, 3.8) is 0 Å². The number of ether oxygens (including phenoxy) is 1. The van der Waals surface area contributed by atoms with Crippen molar-refractivity contribution in [3.8, 4) is 0 Å². The standard InChI is InChI=1S/C20H19N3O7S/c1-31-15-7-4-13(5-8-15)21-18(24)12-29-19(25)3-2-10-22-16-9-6-14(23(27)28)11-17(16)30-20(22)26/h4-9,11H,2-3,10,12H2,1H3,(H,21,24). The lowest BCUT2D eigenvalue weighted by atomic mass is 10.2. The van der Waals surface area contributed by atoms with Crippen LogP contribution in [0.3, 0.4) is 0 Å². The molecule has 0 radical (unpaired) electrons. The van der Waals surface area contributed by atoms with Crippen LogP contribution in [0.2, 0.25) is 0 Å². The summed E-state index contributed by atoms with van der Waals surface area (Å²) in [4.78, 5) is 47.1. The monoisotopic (exact) mass is 445 g/mol. The minimum absolute atomic E-state index is 0.0121. The summed E-state index contributed by atoms with van der Waals surface area (Å²) in [6, 6.07) is 11.1. The summed E-state index contributed by atoms with van der Waals surface area (Å²) < 4.78 is 11.3. The molecule has 3 aromatic rings. The van der Waals surface area contributed by atoms with Gasteiger partial charge in [0, 0.05) is 29.6 Å². The molecule has 0 aliphatic carbocycles. The van der Waals surface area contributed by atoms with E-state index in [1.807, 2.05) is 18.4 Å². The van der Waals surface area contributed by atoms with E-state index >= 15 is 0 Å². The van der Waals surface area contributed by atoms with Crippen molar-refractivity contribution in [1.29, 1.82) is 0 Å². The first-order valence-electron chi connectivity index (χ1n) is 9.24. The molecule has 1 amide bonds. The molecule has 10 nitrogen and oxygen atoms in total. The van der Waals surface area contributed by atoms with Gasteiger partial charge in [-0.3, -0.25) is 24.3 Å². The molecule has 0 unspecified atom stereocenters. The summed E-state index contributed by atoms with van der Waals surface area (Å²) in [5, 5.41) is 13.5. The van der Waals surface area contributed by atoms with Gasteiger partial charge in [0.1, 0.15) is 0 Å². The quantitative estimate of drug-likeness (QED) is 0.230. The Hall–Kier alpha value is -3.60. The number of rotatable bonds is 9. The van der Waals surface area contributed by atoms with Gasteiger partial charge in [0.15, 0.2) is 12.2 Å². The predicted molar refractivity (Wildman–Crippen MR) is 114 cm³/mol. The molecule has 1 heterocycles. The first kappa shape index (κ1) is 22.1. The van der Waals surface area contributed by atoms with Crippen molar-refractivity contribution in [1.82, 2.24) is 4.57 Å². The highest BCUT2D eigenvalue weighted by Crippen LogP contribution is 2.20. The minimum atomic E-state index is -0.671. The minimum Gasteiger partial charge on any atom is -0.456 e. The number of nitro groups is 1. The molecule has 0 saturated carbocycles. The highest BCUT2D eigenvalue weighted by atomic mass is 32.2. The zero-order valence-corrected chi connectivity index (χ0v) is 17.3. The average molecular weight is 445 g/mol. The smallest absolute Gasteiger partial charge is 0.419 e. The first-order chi connectivity index (χ1) is 14.9. The van der Waals surface area contributed by atoms with Crippen LogP contribution in [0.4, 0.5) is 11.4 Å². The molecule has 2 aromatic carbocycles. The lowest BCUT2D eigenvalue weighted by Crippen LogP contribution is -2.21. The van der Waals surface area contributed by atoms with E-state index in [1.165, 1.54) is 22.8 Å². The van der Waals surface area contributed by atoms with Gasteiger partial charge < -0.3 is 14.5 Å². The van der Waals surface area contributed by atoms with Crippen LogP contribution in [-0.4, -0.2) is 34.2 Å². The van der Waals surface area contributed by atoms with Crippen molar-refractivity contribution in [2.24, 2.45) is 0 Å². The van der Waals surface area contributed by atoms with Crippen molar-refractivity contribution >= 4 is 46.1 Å². The Morgan fingerprint density at radius 3 is 2.65 bits per heavy atom. The fourth-order valence-electron chi connectivity index (χ4n) is 2.85. The van der Waals surface area contributed by atoms with Gasteiger partial charge in [-0.2, -0.15) is 0 Å². The number of nitrogens with one attached hydrogen (secondary N) is 1. The summed E-state index contributed by atoms with van der Waals surface area (Å²) in [6.45, 7) is -0.256. The Bertz CT molecular complexity index is 1170. The lowest BCUT2D eigenvalue weighted by Gasteiger charge is -2.07. The first-order valence-corrected chi connectivity index (χ1v) is 10.5. The van der Waals surface area contributed by atoms with E-state index in [9.17, 15) is 24.5 Å². The van der Waals surface area contributed by atoms with Gasteiger partial charge in [-0.1, -0.05) is 0 Å². The van der Waals surface area contributed by atoms with E-state index < -0.39 is 29.2 Å². The fourth-order valence-corrected chi connectivity index (χ4v) is 3.26. The van der Waals surface area contributed by atoms with Crippen molar-refractivity contribution in [2.75, 3.05) is 18.2 Å². The molecule has 11 heteroatoms. The van der Waals surface area contributed by atoms with E-state index in [2.05, 4.69) is 5.32 Å². The van der Waals surface area contributed by atoms with E-state index in [1.54, 1.807) is 23.9 Å². The molecule has 0 atom stereocenters. The number of non-ortho nitro benzene ring substituents is 1. The van der Waals surface area contributed by atoms with Crippen LogP contribution in [0, 0.1) is 10.1 Å². The third kappa shape index (κ3) is 5.72. The number of carbonyl (C=O) groups is 2. The number of aromatic nitrogens is 1. The third-order valence-electron chi connectivity index (χ3n) is 4.36. The molecule has 31 heavy (non-hydrogen) atoms. The molecular weight excluding hydrogens is 426 g/mol. The zero-order chi connectivity index (χ0) is 22.4. The Morgan fingerprint density at radius 2 is 1.97 bits per heavy atom. The molecule has 1 N–H and O–H groups in total. The molecular formula is C20H19N3O7S. The lowest BCUT2D eigenvalue weighted by molar-refractivity contribution is -0.384. The largest absolute Gasteiger partial charge is 0.456 e. The number of oxazole rings is 1. The van der Waals surface area contributed by atoms with Crippen LogP contribution in [0.1, 0.15) is 12.8 Å². The number of esters is 1. The number of aryl methyl sites for hydroxylation is 1. The number of nitrogens with zero attached hydrogens (tertiary/aromatic N) is 2. The summed E-state index contributed by atoms with van der Waals surface area (Å²) in [5.41, 5.74) is 0.917. The summed E-state index contributed by atoms with van der Waals surface area (Å²) >= 11 is 1.58. The van der Waals surface area contributed by atoms with Crippen LogP contribution < -0.4 is 11.1 Å². The molecule has 0 aliphatic heterocycles. The summed E-state index contributed by atoms with van der Waals surface area (Å²) in [7, 11) is 0. The maximum absolute atomic E-state index is 12.0. The molecule has 0 aliphatic rings. The fraction of sp³-hybridized carbons (Fsp3) is 0.250. The van der Waals surface area contributed by atoms with Gasteiger partial charge in [-0.15, -0.1) is 11.8 Å². The van der Waals surface area contributed by atoms with Crippen LogP contribution in [0.15, 0.2) is 56.6 Å². The van der Waals surface area contributed by atoms with Gasteiger partial charge >= 0.3 is 11.7 Å². The van der Waals surface area contributed by atoms with Crippen LogP contribution >= 0.6 is 11.8 Å². The predicted octanol–water partition coefficient (Wildman–Crippen LogP) is 3.19. The van der Waals surface area contributed by atoms with E-state index in [-0.39, 0.29) is 30.7 Å². The second-order valence-electron chi connectivity index (χ2n) is 6.47. The van der Waals surface area contributed by atoms with Crippen LogP contribution in [-0.2, 0) is 20.9 Å². The summed E-state index contributed by atoms with van der Waals surface area (Å²) in [6.07, 6.45) is 2.20. The number of hydrogen-bond donors (Lipinski definition) is 1. The number of hydrogen-bond acceptors (Lipinski definition) is 8. The number of anilines is 1. The van der Waals surface area contributed by atoms with Crippen molar-refractivity contribution in [2.45, 2.75) is 24.3 Å². The van der Waals surface area contributed by atoms with Crippen molar-refractivity contribution in [3.05, 3.63) is 63.1 Å². The van der Waals surface area contributed by atoms with Gasteiger partial charge in [0.25, 0.3) is 11.6 Å². The number of fused-ring (bicyclic) bond motifs is 1. The van der Waals surface area contributed by atoms with Gasteiger partial charge in [0.05, 0.1) is 16.5 Å². The molecule has 0 fully saturated rings. The number of amides is 1. The number of benzene rings is 2. The van der Waals surface area contributed by atoms with Crippen LogP contribution in [0.25, 0.3) is 11.1 Å². The van der Waals surface area contributed by atoms with Crippen molar-refractivity contribution < 1.29 is 23.7 Å². The van der Waals surface area contributed by atoms with Gasteiger partial charge in [-0.05, 0) is 43.0 Å². The van der Waals surface area contributed by atoms with E-state index in [0.717, 1.165) is 4.90 Å². The molecule has 162 valence electrons. The van der Waals surface area contributed by atoms with Gasteiger partial charge in [0.2, 0.25) is 0 Å². The number of carbonyl (C=O) groups excluding carboxylic acids is 2. The molecule has 0 saturated heterocycles. The maximum atomic E-state index is 12.0. The Kier molecular flexibility index (Phi) is 7.08. The Balaban J connectivity index is 1.46. The average Bonchev–Trinajstić information content (AvgIpc) is 3.07. The third-order valence-corrected chi connectivity index (χ3v) is 5.11. The van der Waals surface area contributed by atoms with E-state index in [4.69, 9.17) is 9.15 Å². The topological polar surface area (TPSA) is 134 Å². The van der Waals surface area contributed by atoms with E-state index in [0.29, 0.717) is 11.2 Å². The Labute approximate surface area is 180 Å². The zero-order valence-electron chi connectivity index (χ0n) is 16.5. The molecule has 1 aromatic heterocycles. The molecule has 0 spiro atoms. The van der Waals surface area contributed by atoms with Crippen LogP contribution in [0.5, 0.6) is 0 Å². The number of thioether (sulfide) groups is 1. The second kappa shape index (κ2) is 9.94. The Morgan fingerprint density at radius 1 is 1.23 bits per heavy atom. The normalized spacial score (nSPS) is 10.7.